The molecule has 11 heteroatoms. The molecule has 0 saturated heterocycles. The van der Waals surface area contributed by atoms with Gasteiger partial charge in [-0.05, 0) is 39.3 Å². The van der Waals surface area contributed by atoms with Crippen molar-refractivity contribution >= 4 is 44.4 Å². The van der Waals surface area contributed by atoms with Gasteiger partial charge >= 0.3 is 17.3 Å². The zero-order chi connectivity index (χ0) is 13.6. The van der Waals surface area contributed by atoms with E-state index >= 15 is 0 Å². The van der Waals surface area contributed by atoms with Crippen LogP contribution in [-0.4, -0.2) is 41.1 Å². The molecule has 0 aromatic rings. The highest BCUT2D eigenvalue weighted by Gasteiger charge is 2.55. The Bertz CT molecular complexity index is 224. The quantitative estimate of drug-likeness (QED) is 0.529. The lowest BCUT2D eigenvalue weighted by Crippen LogP contribution is -2.54. The minimum Gasteiger partial charge on any atom is -0.396 e. The fourth-order valence-corrected chi connectivity index (χ4v) is 12.6. The van der Waals surface area contributed by atoms with Crippen LogP contribution in [0.1, 0.15) is 0 Å². The summed E-state index contributed by atoms with van der Waals surface area (Å²) in [6.45, 7) is 11.7. The highest BCUT2D eigenvalue weighted by atomic mass is 31.1. The molecule has 1 N–H and O–H groups in total. The first-order valence-electron chi connectivity index (χ1n) is 5.55. The second kappa shape index (κ2) is 8.04. The van der Waals surface area contributed by atoms with Crippen molar-refractivity contribution in [2.45, 2.75) is 39.3 Å². The molecule has 6 nitrogen and oxygen atoms in total. The summed E-state index contributed by atoms with van der Waals surface area (Å²) in [5, 5.41) is 0. The number of rotatable bonds is 8. The molecule has 0 rings (SSSR count). The average Bonchev–Trinajstić information content (AvgIpc) is 1.95. The Balaban J connectivity index is 4.96. The standard InChI is InChI=1S/C6H21O6PSi4/c1-14(2)10-17(9-13(7)8,11-15(3)4)12-16(5)6/h14-16H,1-6H3/p+1. The van der Waals surface area contributed by atoms with Gasteiger partial charge in [0.25, 0.3) is 0 Å². The molecule has 0 fully saturated rings. The van der Waals surface area contributed by atoms with Crippen LogP contribution in [-0.2, 0) is 21.1 Å². The van der Waals surface area contributed by atoms with Crippen molar-refractivity contribution in [3.8, 4) is 0 Å². The topological polar surface area (TPSA) is 74.2 Å². The van der Waals surface area contributed by atoms with E-state index in [9.17, 15) is 4.57 Å². The van der Waals surface area contributed by atoms with Crippen LogP contribution in [0.5, 0.6) is 0 Å². The van der Waals surface area contributed by atoms with E-state index in [1.807, 2.05) is 39.3 Å². The van der Waals surface area contributed by atoms with Gasteiger partial charge in [0, 0.05) is 4.57 Å². The van der Waals surface area contributed by atoms with Gasteiger partial charge in [-0.25, -0.2) is 0 Å². The molecule has 0 aromatic heterocycles. The van der Waals surface area contributed by atoms with E-state index in [0.717, 1.165) is 0 Å². The summed E-state index contributed by atoms with van der Waals surface area (Å²) in [7, 11) is -10.6. The van der Waals surface area contributed by atoms with Crippen molar-refractivity contribution in [1.29, 1.82) is 0 Å². The van der Waals surface area contributed by atoms with Gasteiger partial charge in [0.15, 0.2) is 27.1 Å². The summed E-state index contributed by atoms with van der Waals surface area (Å²) in [5.74, 6) is 0. The van der Waals surface area contributed by atoms with Crippen LogP contribution >= 0.6 is 8.25 Å². The van der Waals surface area contributed by atoms with Crippen LogP contribution in [0.25, 0.3) is 0 Å². The van der Waals surface area contributed by atoms with Crippen molar-refractivity contribution in [1.82, 2.24) is 0 Å². The molecule has 0 aliphatic rings. The van der Waals surface area contributed by atoms with E-state index in [0.29, 0.717) is 0 Å². The number of hydrogen-bond acceptors (Lipinski definition) is 5. The second-order valence-electron chi connectivity index (χ2n) is 4.33. The highest BCUT2D eigenvalue weighted by Crippen LogP contribution is 2.27. The maximum atomic E-state index is 10.9. The summed E-state index contributed by atoms with van der Waals surface area (Å²) in [5.41, 5.74) is 0. The molecule has 0 spiro atoms. The molecule has 17 heavy (non-hydrogen) atoms. The summed E-state index contributed by atoms with van der Waals surface area (Å²) < 4.78 is 33.1. The molecule has 0 amide bonds. The molecule has 0 aromatic carbocycles. The second-order valence-corrected chi connectivity index (χ2v) is 15.7. The van der Waals surface area contributed by atoms with Gasteiger partial charge in [-0.3, -0.25) is 0 Å². The first-order chi connectivity index (χ1) is 7.67. The lowest BCUT2D eigenvalue weighted by atomic mass is 11.9. The van der Waals surface area contributed by atoms with E-state index < -0.39 is 44.4 Å². The molecule has 0 bridgehead atoms. The maximum Gasteiger partial charge on any atom is 0.697 e. The zero-order valence-corrected chi connectivity index (χ0v) is 16.5. The Hall–Kier alpha value is 0.768. The molecule has 1 atom stereocenters. The summed E-state index contributed by atoms with van der Waals surface area (Å²) in [6, 6.07) is 0. The molecule has 0 heterocycles. The normalized spacial score (nSPS) is 13.9. The van der Waals surface area contributed by atoms with E-state index in [1.54, 1.807) is 0 Å². The molecular formula is C6H22O6PSi4+. The summed E-state index contributed by atoms with van der Waals surface area (Å²) in [6.07, 6.45) is 0. The molecule has 0 saturated carbocycles. The van der Waals surface area contributed by atoms with Crippen LogP contribution in [0, 0.1) is 0 Å². The third-order valence-electron chi connectivity index (χ3n) is 1.33. The average molecular weight is 334 g/mol. The van der Waals surface area contributed by atoms with E-state index in [2.05, 4.69) is 0 Å². The Labute approximate surface area is 110 Å². The lowest BCUT2D eigenvalue weighted by molar-refractivity contribution is 0.160. The predicted octanol–water partition coefficient (Wildman–Crippen LogP) is 1.09. The minimum atomic E-state index is -3.40. The Morgan fingerprint density at radius 1 is 0.882 bits per heavy atom. The van der Waals surface area contributed by atoms with Crippen LogP contribution in [0.2, 0.25) is 39.3 Å². The van der Waals surface area contributed by atoms with Crippen LogP contribution in [0.15, 0.2) is 0 Å². The Morgan fingerprint density at radius 3 is 1.35 bits per heavy atom. The molecule has 1 unspecified atom stereocenters. The maximum absolute atomic E-state index is 10.9. The largest absolute Gasteiger partial charge is 0.697 e. The fourth-order valence-electron chi connectivity index (χ4n) is 1.11. The van der Waals surface area contributed by atoms with Crippen molar-refractivity contribution in [2.24, 2.45) is 0 Å². The third kappa shape index (κ3) is 8.48. The van der Waals surface area contributed by atoms with Crippen molar-refractivity contribution in [2.75, 3.05) is 0 Å². The minimum absolute atomic E-state index is 1.48. The predicted molar refractivity (Wildman–Crippen MR) is 76.6 cm³/mol. The van der Waals surface area contributed by atoms with Crippen LogP contribution < -0.4 is 0 Å². The van der Waals surface area contributed by atoms with E-state index in [4.69, 9.17) is 21.5 Å². The molecular weight excluding hydrogens is 311 g/mol. The van der Waals surface area contributed by atoms with Gasteiger partial charge in [0.2, 0.25) is 0 Å². The third-order valence-corrected chi connectivity index (χ3v) is 12.0. The first kappa shape index (κ1) is 17.8. The Kier molecular flexibility index (Phi) is 8.41. The monoisotopic (exact) mass is 333 g/mol. The summed E-state index contributed by atoms with van der Waals surface area (Å²) >= 11 is 0. The van der Waals surface area contributed by atoms with Gasteiger partial charge in [0.1, 0.15) is 0 Å². The zero-order valence-electron chi connectivity index (χ0n) is 11.2. The van der Waals surface area contributed by atoms with Crippen molar-refractivity contribution in [3.05, 3.63) is 0 Å². The summed E-state index contributed by atoms with van der Waals surface area (Å²) in [4.78, 5) is 8.95. The van der Waals surface area contributed by atoms with Gasteiger partial charge in [0.05, 0.1) is 0 Å². The van der Waals surface area contributed by atoms with Gasteiger partial charge in [-0.1, -0.05) is 4.21 Å². The van der Waals surface area contributed by atoms with Gasteiger partial charge < -0.3 is 12.3 Å². The molecule has 0 radical (unpaired) electrons. The Morgan fingerprint density at radius 2 is 1.18 bits per heavy atom. The van der Waals surface area contributed by atoms with Crippen LogP contribution in [0.4, 0.5) is 0 Å². The molecule has 0 aliphatic carbocycles. The number of hydrogen-bond donors (Lipinski definition) is 1. The molecule has 102 valence electrons. The first-order valence-corrected chi connectivity index (χ1v) is 16.7. The van der Waals surface area contributed by atoms with Gasteiger partial charge in [-0.2, -0.15) is 0 Å². The lowest BCUT2D eigenvalue weighted by Gasteiger charge is -2.28. The fraction of sp³-hybridized carbons (Fsp3) is 1.00. The van der Waals surface area contributed by atoms with Crippen molar-refractivity contribution in [3.63, 3.8) is 0 Å². The SMILES string of the molecule is C[SiH](C)O[Si](O[SiH](C)C)(O[SiH](C)C)O[P+](=O)O. The van der Waals surface area contributed by atoms with Gasteiger partial charge in [-0.15, -0.1) is 4.89 Å². The van der Waals surface area contributed by atoms with E-state index in [1.165, 1.54) is 0 Å². The smallest absolute Gasteiger partial charge is 0.396 e. The van der Waals surface area contributed by atoms with Crippen molar-refractivity contribution < 1.29 is 26.0 Å². The van der Waals surface area contributed by atoms with E-state index in [-0.39, 0.29) is 0 Å². The van der Waals surface area contributed by atoms with Crippen LogP contribution in [0.3, 0.4) is 0 Å². The molecule has 0 aliphatic heterocycles. The highest BCUT2D eigenvalue weighted by molar-refractivity contribution is 7.34.